The molecule has 2 N–H and O–H groups in total. The number of thiophene rings is 1. The smallest absolute Gasteiger partial charge is 0.232 e. The second-order valence-electron chi connectivity index (χ2n) is 6.38. The van der Waals surface area contributed by atoms with Crippen LogP contribution in [-0.4, -0.2) is 39.0 Å². The molecule has 0 fully saturated rings. The van der Waals surface area contributed by atoms with Crippen LogP contribution in [0.2, 0.25) is 0 Å². The van der Waals surface area contributed by atoms with Gasteiger partial charge in [-0.05, 0) is 23.3 Å². The Bertz CT molecular complexity index is 1100. The first-order valence-corrected chi connectivity index (χ1v) is 11.3. The number of anilines is 1. The van der Waals surface area contributed by atoms with Crippen molar-refractivity contribution < 1.29 is 9.29 Å². The minimum Gasteiger partial charge on any atom is -0.611 e. The molecule has 4 rings (SSSR count). The van der Waals surface area contributed by atoms with E-state index in [0.29, 0.717) is 34.5 Å². The van der Waals surface area contributed by atoms with Crippen LogP contribution < -0.4 is 5.73 Å². The molecule has 6 nitrogen and oxygen atoms in total. The van der Waals surface area contributed by atoms with E-state index >= 15 is 0 Å². The van der Waals surface area contributed by atoms with Gasteiger partial charge in [0.05, 0.1) is 17.7 Å². The maximum atomic E-state index is 12.8. The Morgan fingerprint density at radius 1 is 1.10 bits per heavy atom. The van der Waals surface area contributed by atoms with Crippen molar-refractivity contribution in [3.05, 3.63) is 54.9 Å². The lowest BCUT2D eigenvalue weighted by Crippen LogP contribution is -2.09. The first-order chi connectivity index (χ1) is 14.2. The Balaban J connectivity index is 1.88. The van der Waals surface area contributed by atoms with E-state index in [1.54, 1.807) is 19.5 Å². The van der Waals surface area contributed by atoms with E-state index in [9.17, 15) is 4.55 Å². The van der Waals surface area contributed by atoms with E-state index in [1.807, 2.05) is 42.5 Å². The number of hydrogen-bond acceptors (Lipinski definition) is 7. The molecule has 0 aliphatic carbocycles. The minimum absolute atomic E-state index is 0.494. The molecule has 8 heteroatoms. The van der Waals surface area contributed by atoms with E-state index in [-0.39, 0.29) is 0 Å². The molecule has 1 atom stereocenters. The van der Waals surface area contributed by atoms with Gasteiger partial charge in [-0.3, -0.25) is 4.98 Å². The molecule has 0 aliphatic rings. The molecular formula is C21H20N4O2S2. The molecular weight excluding hydrogens is 404 g/mol. The van der Waals surface area contributed by atoms with Gasteiger partial charge in [0.1, 0.15) is 16.3 Å². The first-order valence-electron chi connectivity index (χ1n) is 9.12. The summed E-state index contributed by atoms with van der Waals surface area (Å²) in [6.45, 7) is 0.566. The second-order valence-corrected chi connectivity index (χ2v) is 9.15. The maximum Gasteiger partial charge on any atom is 0.232 e. The summed E-state index contributed by atoms with van der Waals surface area (Å²) >= 11 is 0.159. The molecule has 0 amide bonds. The van der Waals surface area contributed by atoms with E-state index < -0.39 is 11.2 Å². The fourth-order valence-corrected chi connectivity index (χ4v) is 5.63. The van der Waals surface area contributed by atoms with E-state index in [0.717, 1.165) is 27.0 Å². The minimum atomic E-state index is -1.21. The van der Waals surface area contributed by atoms with Gasteiger partial charge in [-0.2, -0.15) is 0 Å². The number of pyridine rings is 1. The Morgan fingerprint density at radius 3 is 2.62 bits per heavy atom. The van der Waals surface area contributed by atoms with Crippen LogP contribution in [0.1, 0.15) is 6.42 Å². The lowest BCUT2D eigenvalue weighted by molar-refractivity contribution is 0.199. The molecule has 0 aliphatic heterocycles. The van der Waals surface area contributed by atoms with Gasteiger partial charge in [0.25, 0.3) is 0 Å². The zero-order chi connectivity index (χ0) is 20.2. The third-order valence-electron chi connectivity index (χ3n) is 4.41. The summed E-state index contributed by atoms with van der Waals surface area (Å²) in [6, 6.07) is 13.6. The highest BCUT2D eigenvalue weighted by molar-refractivity contribution is 7.93. The molecule has 29 heavy (non-hydrogen) atoms. The van der Waals surface area contributed by atoms with E-state index in [1.165, 1.54) is 11.3 Å². The number of aromatic nitrogens is 3. The van der Waals surface area contributed by atoms with Crippen LogP contribution in [0, 0.1) is 0 Å². The van der Waals surface area contributed by atoms with Gasteiger partial charge in [-0.1, -0.05) is 41.7 Å². The molecule has 0 radical (unpaired) electrons. The number of nitrogen functional groups attached to an aromatic ring is 1. The Labute approximate surface area is 176 Å². The summed E-state index contributed by atoms with van der Waals surface area (Å²) in [4.78, 5) is 14.4. The number of ether oxygens (including phenoxy) is 1. The Hall–Kier alpha value is -2.52. The van der Waals surface area contributed by atoms with E-state index in [2.05, 4.69) is 4.98 Å². The molecule has 3 heterocycles. The highest BCUT2D eigenvalue weighted by Gasteiger charge is 2.25. The van der Waals surface area contributed by atoms with Crippen LogP contribution in [0.4, 0.5) is 5.69 Å². The van der Waals surface area contributed by atoms with Gasteiger partial charge >= 0.3 is 0 Å². The molecule has 0 spiro atoms. The number of nitrogens with zero attached hydrogens (tertiary/aromatic N) is 3. The van der Waals surface area contributed by atoms with Crippen molar-refractivity contribution in [2.45, 2.75) is 10.6 Å². The molecule has 3 aromatic heterocycles. The van der Waals surface area contributed by atoms with Crippen LogP contribution in [-0.2, 0) is 15.9 Å². The lowest BCUT2D eigenvalue weighted by atomic mass is 10.1. The van der Waals surface area contributed by atoms with Crippen LogP contribution in [0.5, 0.6) is 0 Å². The zero-order valence-corrected chi connectivity index (χ0v) is 17.5. The number of methoxy groups -OCH3 is 1. The van der Waals surface area contributed by atoms with E-state index in [4.69, 9.17) is 20.4 Å². The van der Waals surface area contributed by atoms with Crippen LogP contribution >= 0.6 is 11.3 Å². The summed E-state index contributed by atoms with van der Waals surface area (Å²) in [5.41, 5.74) is 9.46. The van der Waals surface area contributed by atoms with Crippen molar-refractivity contribution >= 4 is 38.4 Å². The monoisotopic (exact) mass is 424 g/mol. The molecule has 0 saturated carbocycles. The summed E-state index contributed by atoms with van der Waals surface area (Å²) in [5.74, 6) is 1.07. The molecule has 1 aromatic carbocycles. The van der Waals surface area contributed by atoms with Crippen molar-refractivity contribution in [3.63, 3.8) is 0 Å². The summed E-state index contributed by atoms with van der Waals surface area (Å²) < 4.78 is 18.6. The topological polar surface area (TPSA) is 97.0 Å². The lowest BCUT2D eigenvalue weighted by Gasteiger charge is -2.09. The molecule has 0 unspecified atom stereocenters. The fraction of sp³-hybridized carbons (Fsp3) is 0.190. The van der Waals surface area contributed by atoms with Crippen LogP contribution in [0.3, 0.4) is 0 Å². The van der Waals surface area contributed by atoms with Gasteiger partial charge in [-0.25, -0.2) is 9.97 Å². The normalized spacial score (nSPS) is 12.3. The van der Waals surface area contributed by atoms with Gasteiger partial charge < -0.3 is 15.0 Å². The van der Waals surface area contributed by atoms with Crippen molar-refractivity contribution in [1.82, 2.24) is 15.0 Å². The molecule has 4 aromatic rings. The van der Waals surface area contributed by atoms with Gasteiger partial charge in [0.15, 0.2) is 5.82 Å². The maximum absolute atomic E-state index is 12.8. The quantitative estimate of drug-likeness (QED) is 0.354. The predicted molar refractivity (Wildman–Crippen MR) is 118 cm³/mol. The highest BCUT2D eigenvalue weighted by Crippen LogP contribution is 2.42. The molecule has 0 saturated heterocycles. The average Bonchev–Trinajstić information content (AvgIpc) is 3.11. The van der Waals surface area contributed by atoms with Crippen LogP contribution in [0.25, 0.3) is 32.9 Å². The largest absolute Gasteiger partial charge is 0.611 e. The number of hydrogen-bond donors (Lipinski definition) is 1. The fourth-order valence-electron chi connectivity index (χ4n) is 3.03. The first kappa shape index (κ1) is 19.8. The summed E-state index contributed by atoms with van der Waals surface area (Å²) in [5, 5.41) is 0.754. The van der Waals surface area contributed by atoms with Gasteiger partial charge in [0.2, 0.25) is 4.21 Å². The Kier molecular flexibility index (Phi) is 6.05. The third-order valence-corrected chi connectivity index (χ3v) is 7.40. The standard InChI is InChI=1S/C21H20N4O2S2/c1-27-11-6-12-29(26)21-17(22)16-18(14-7-3-2-4-8-14)24-19(25-20(16)28-21)15-9-5-10-23-13-15/h2-5,7-10,13H,6,11-12,22H2,1H3/t29-/m1/s1. The summed E-state index contributed by atoms with van der Waals surface area (Å²) in [6.07, 6.45) is 4.15. The van der Waals surface area contributed by atoms with Crippen molar-refractivity contribution in [2.24, 2.45) is 0 Å². The average molecular weight is 425 g/mol. The number of nitrogens with two attached hydrogens (primary N) is 1. The Morgan fingerprint density at radius 2 is 1.90 bits per heavy atom. The second kappa shape index (κ2) is 8.87. The summed E-state index contributed by atoms with van der Waals surface area (Å²) in [7, 11) is 1.64. The van der Waals surface area contributed by atoms with Crippen molar-refractivity contribution in [1.29, 1.82) is 0 Å². The van der Waals surface area contributed by atoms with Crippen LogP contribution in [0.15, 0.2) is 59.1 Å². The number of benzene rings is 1. The SMILES string of the molecule is COCCC[S@@+]([O-])c1sc2nc(-c3cccnc3)nc(-c3ccccc3)c2c1N. The number of fused-ring (bicyclic) bond motifs is 1. The van der Waals surface area contributed by atoms with Gasteiger partial charge in [-0.15, -0.1) is 0 Å². The number of rotatable bonds is 7. The van der Waals surface area contributed by atoms with Crippen molar-refractivity contribution in [2.75, 3.05) is 25.2 Å². The highest BCUT2D eigenvalue weighted by atomic mass is 32.2. The molecule has 148 valence electrons. The predicted octanol–water partition coefficient (Wildman–Crippen LogP) is 4.15. The molecule has 0 bridgehead atoms. The zero-order valence-electron chi connectivity index (χ0n) is 15.9. The third kappa shape index (κ3) is 4.11. The van der Waals surface area contributed by atoms with Gasteiger partial charge in [0, 0.05) is 37.1 Å². The van der Waals surface area contributed by atoms with Crippen molar-refractivity contribution in [3.8, 4) is 22.6 Å².